The van der Waals surface area contributed by atoms with Gasteiger partial charge in [-0.2, -0.15) is 8.78 Å². The highest BCUT2D eigenvalue weighted by Gasteiger charge is 2.11. The molecule has 0 aliphatic rings. The molecule has 0 spiro atoms. The van der Waals surface area contributed by atoms with E-state index >= 15 is 0 Å². The molecule has 0 heterocycles. The van der Waals surface area contributed by atoms with Crippen LogP contribution in [0, 0.1) is 0 Å². The van der Waals surface area contributed by atoms with E-state index in [0.717, 1.165) is 11.3 Å². The quantitative estimate of drug-likeness (QED) is 0.771. The summed E-state index contributed by atoms with van der Waals surface area (Å²) in [6, 6.07) is 13.2. The molecule has 0 radical (unpaired) electrons. The van der Waals surface area contributed by atoms with Crippen LogP contribution in [-0.2, 0) is 6.54 Å². The highest BCUT2D eigenvalue weighted by atomic mass is 32.2. The zero-order valence-corrected chi connectivity index (χ0v) is 13.2. The molecule has 2 amide bonds. The van der Waals surface area contributed by atoms with Gasteiger partial charge in [0.05, 0.1) is 12.8 Å². The van der Waals surface area contributed by atoms with Gasteiger partial charge in [-0.3, -0.25) is 0 Å². The maximum atomic E-state index is 12.5. The lowest BCUT2D eigenvalue weighted by Crippen LogP contribution is -2.28. The van der Waals surface area contributed by atoms with Crippen LogP contribution < -0.4 is 15.4 Å². The van der Waals surface area contributed by atoms with Crippen LogP contribution in [0.25, 0.3) is 0 Å². The fourth-order valence-corrected chi connectivity index (χ4v) is 2.46. The zero-order valence-electron chi connectivity index (χ0n) is 12.4. The number of alkyl halides is 2. The number of methoxy groups -OCH3 is 1. The number of carbonyl (C=O) groups is 1. The van der Waals surface area contributed by atoms with Crippen molar-refractivity contribution in [3.63, 3.8) is 0 Å². The number of rotatable bonds is 6. The van der Waals surface area contributed by atoms with Crippen molar-refractivity contribution in [3.8, 4) is 5.75 Å². The zero-order chi connectivity index (χ0) is 16.7. The average Bonchev–Trinajstić information content (AvgIpc) is 2.55. The number of amides is 2. The molecule has 0 saturated carbocycles. The normalized spacial score (nSPS) is 10.4. The second kappa shape index (κ2) is 8.38. The number of nitrogens with one attached hydrogen (secondary N) is 2. The van der Waals surface area contributed by atoms with Crippen LogP contribution in [0.5, 0.6) is 5.75 Å². The average molecular weight is 338 g/mol. The molecule has 0 aromatic heterocycles. The Labute approximate surface area is 137 Å². The van der Waals surface area contributed by atoms with Gasteiger partial charge in [0.1, 0.15) is 5.75 Å². The van der Waals surface area contributed by atoms with Gasteiger partial charge in [0.15, 0.2) is 0 Å². The fraction of sp³-hybridized carbons (Fsp3) is 0.188. The molecule has 0 fully saturated rings. The van der Waals surface area contributed by atoms with Gasteiger partial charge in [-0.1, -0.05) is 36.0 Å². The van der Waals surface area contributed by atoms with E-state index in [2.05, 4.69) is 10.6 Å². The molecule has 2 aromatic carbocycles. The molecule has 122 valence electrons. The molecule has 23 heavy (non-hydrogen) atoms. The Morgan fingerprint density at radius 3 is 2.52 bits per heavy atom. The first kappa shape index (κ1) is 17.1. The Kier molecular flexibility index (Phi) is 6.22. The molecular weight excluding hydrogens is 322 g/mol. The van der Waals surface area contributed by atoms with Gasteiger partial charge in [0, 0.05) is 11.4 Å². The summed E-state index contributed by atoms with van der Waals surface area (Å²) in [5, 5.41) is 5.26. The van der Waals surface area contributed by atoms with Crippen molar-refractivity contribution >= 4 is 23.5 Å². The molecule has 4 nitrogen and oxygen atoms in total. The van der Waals surface area contributed by atoms with E-state index < -0.39 is 11.8 Å². The maximum absolute atomic E-state index is 12.5. The minimum absolute atomic E-state index is 0.319. The van der Waals surface area contributed by atoms with Gasteiger partial charge < -0.3 is 15.4 Å². The third-order valence-corrected chi connectivity index (χ3v) is 3.75. The van der Waals surface area contributed by atoms with Crippen LogP contribution in [0.4, 0.5) is 19.3 Å². The number of urea groups is 1. The predicted octanol–water partition coefficient (Wildman–Crippen LogP) is 4.33. The topological polar surface area (TPSA) is 50.4 Å². The number of para-hydroxylation sites is 1. The molecular formula is C16H16F2N2O2S. The number of carbonyl (C=O) groups excluding carboxylic acids is 1. The lowest BCUT2D eigenvalue weighted by atomic mass is 10.2. The van der Waals surface area contributed by atoms with Crippen molar-refractivity contribution in [1.82, 2.24) is 5.32 Å². The Balaban J connectivity index is 1.91. The van der Waals surface area contributed by atoms with E-state index in [-0.39, 0.29) is 0 Å². The number of halogens is 2. The number of ether oxygens (including phenoxy) is 1. The number of benzene rings is 2. The number of hydrogen-bond donors (Lipinski definition) is 2. The van der Waals surface area contributed by atoms with E-state index in [9.17, 15) is 13.6 Å². The highest BCUT2D eigenvalue weighted by Crippen LogP contribution is 2.31. The maximum Gasteiger partial charge on any atom is 0.319 e. The van der Waals surface area contributed by atoms with Crippen molar-refractivity contribution in [3.05, 3.63) is 54.1 Å². The van der Waals surface area contributed by atoms with Gasteiger partial charge in [0.2, 0.25) is 0 Å². The minimum Gasteiger partial charge on any atom is -0.497 e. The molecule has 0 unspecified atom stereocenters. The predicted molar refractivity (Wildman–Crippen MR) is 87.2 cm³/mol. The molecule has 2 N–H and O–H groups in total. The summed E-state index contributed by atoms with van der Waals surface area (Å²) in [4.78, 5) is 12.2. The largest absolute Gasteiger partial charge is 0.497 e. The highest BCUT2D eigenvalue weighted by molar-refractivity contribution is 7.99. The first-order chi connectivity index (χ1) is 11.1. The van der Waals surface area contributed by atoms with Gasteiger partial charge in [0.25, 0.3) is 5.76 Å². The summed E-state index contributed by atoms with van der Waals surface area (Å²) in [6.45, 7) is 0.319. The van der Waals surface area contributed by atoms with E-state index in [4.69, 9.17) is 4.74 Å². The van der Waals surface area contributed by atoms with Crippen LogP contribution in [0.1, 0.15) is 5.56 Å². The second-order valence-corrected chi connectivity index (χ2v) is 5.56. The minimum atomic E-state index is -2.54. The summed E-state index contributed by atoms with van der Waals surface area (Å²) in [5.41, 5.74) is 1.25. The standard InChI is InChI=1S/C16H16F2N2O2S/c1-22-12-8-6-11(7-9-12)10-19-16(21)20-13-4-2-3-5-14(13)23-15(17)18/h2-9,15H,10H2,1H3,(H2,19,20,21). The number of thioether (sulfide) groups is 1. The third-order valence-electron chi connectivity index (χ3n) is 2.96. The van der Waals surface area contributed by atoms with Crippen LogP contribution in [0.2, 0.25) is 0 Å². The number of anilines is 1. The van der Waals surface area contributed by atoms with Gasteiger partial charge in [-0.05, 0) is 29.8 Å². The Morgan fingerprint density at radius 2 is 1.87 bits per heavy atom. The molecule has 0 atom stereocenters. The van der Waals surface area contributed by atoms with E-state index in [1.54, 1.807) is 37.4 Å². The molecule has 7 heteroatoms. The lowest BCUT2D eigenvalue weighted by molar-refractivity contribution is 0.250. The van der Waals surface area contributed by atoms with Crippen LogP contribution in [-0.4, -0.2) is 18.9 Å². The Morgan fingerprint density at radius 1 is 1.17 bits per heavy atom. The fourth-order valence-electron chi connectivity index (χ4n) is 1.86. The van der Waals surface area contributed by atoms with Crippen molar-refractivity contribution in [1.29, 1.82) is 0 Å². The number of hydrogen-bond acceptors (Lipinski definition) is 3. The summed E-state index contributed by atoms with van der Waals surface area (Å²) in [5.74, 6) is -1.81. The van der Waals surface area contributed by atoms with E-state index in [1.807, 2.05) is 12.1 Å². The SMILES string of the molecule is COc1ccc(CNC(=O)Nc2ccccc2SC(F)F)cc1. The molecule has 2 rings (SSSR count). The lowest BCUT2D eigenvalue weighted by Gasteiger charge is -2.11. The molecule has 0 aliphatic heterocycles. The first-order valence-corrected chi connectivity index (χ1v) is 7.68. The van der Waals surface area contributed by atoms with Crippen molar-refractivity contribution in [2.45, 2.75) is 17.2 Å². The smallest absolute Gasteiger partial charge is 0.319 e. The van der Waals surface area contributed by atoms with Crippen LogP contribution in [0.15, 0.2) is 53.4 Å². The van der Waals surface area contributed by atoms with Gasteiger partial charge in [-0.15, -0.1) is 0 Å². The molecule has 2 aromatic rings. The van der Waals surface area contributed by atoms with Gasteiger partial charge in [-0.25, -0.2) is 4.79 Å². The third kappa shape index (κ3) is 5.45. The molecule has 0 bridgehead atoms. The first-order valence-electron chi connectivity index (χ1n) is 6.80. The van der Waals surface area contributed by atoms with Crippen molar-refractivity contribution in [2.24, 2.45) is 0 Å². The molecule has 0 aliphatic carbocycles. The summed E-state index contributed by atoms with van der Waals surface area (Å²) in [6.07, 6.45) is 0. The van der Waals surface area contributed by atoms with Gasteiger partial charge >= 0.3 is 6.03 Å². The van der Waals surface area contributed by atoms with Crippen molar-refractivity contribution < 1.29 is 18.3 Å². The monoisotopic (exact) mass is 338 g/mol. The van der Waals surface area contributed by atoms with E-state index in [0.29, 0.717) is 28.9 Å². The summed E-state index contributed by atoms with van der Waals surface area (Å²) < 4.78 is 30.0. The van der Waals surface area contributed by atoms with Crippen LogP contribution in [0.3, 0.4) is 0 Å². The molecule has 0 saturated heterocycles. The van der Waals surface area contributed by atoms with Crippen molar-refractivity contribution in [2.75, 3.05) is 12.4 Å². The van der Waals surface area contributed by atoms with E-state index in [1.165, 1.54) is 6.07 Å². The second-order valence-electron chi connectivity index (χ2n) is 4.53. The summed E-state index contributed by atoms with van der Waals surface area (Å²) >= 11 is 0.396. The summed E-state index contributed by atoms with van der Waals surface area (Å²) in [7, 11) is 1.58. The Bertz CT molecular complexity index is 651. The Hall–Kier alpha value is -2.28. The van der Waals surface area contributed by atoms with Crippen LogP contribution >= 0.6 is 11.8 Å².